The Morgan fingerprint density at radius 2 is 2.40 bits per heavy atom. The van der Waals surface area contributed by atoms with E-state index < -0.39 is 0 Å². The fourth-order valence-electron chi connectivity index (χ4n) is 2.89. The summed E-state index contributed by atoms with van der Waals surface area (Å²) in [5.41, 5.74) is 6.26. The molecule has 3 atom stereocenters. The van der Waals surface area contributed by atoms with Gasteiger partial charge in [-0.25, -0.2) is 0 Å². The summed E-state index contributed by atoms with van der Waals surface area (Å²) in [6.45, 7) is 7.25. The molecule has 1 aliphatic rings. The van der Waals surface area contributed by atoms with Gasteiger partial charge in [0.15, 0.2) is 0 Å². The Labute approximate surface area is 134 Å². The highest BCUT2D eigenvalue weighted by atomic mass is 79.9. The highest BCUT2D eigenvalue weighted by Gasteiger charge is 2.30. The van der Waals surface area contributed by atoms with Crippen LogP contribution in [0.1, 0.15) is 44.0 Å². The molecule has 1 aliphatic heterocycles. The molecule has 0 bridgehead atoms. The van der Waals surface area contributed by atoms with Crippen LogP contribution in [0.25, 0.3) is 0 Å². The zero-order valence-corrected chi connectivity index (χ0v) is 14.8. The molecule has 0 radical (unpaired) electrons. The molecule has 0 aliphatic carbocycles. The second kappa shape index (κ2) is 7.90. The predicted octanol–water partition coefficient (Wildman–Crippen LogP) is 3.79. The number of hydrogen-bond donors (Lipinski definition) is 1. The topological polar surface area (TPSA) is 38.5 Å². The molecule has 0 spiro atoms. The van der Waals surface area contributed by atoms with Crippen molar-refractivity contribution in [3.8, 4) is 0 Å². The molecule has 1 saturated heterocycles. The van der Waals surface area contributed by atoms with Gasteiger partial charge >= 0.3 is 0 Å². The molecule has 2 rings (SSSR count). The molecule has 5 heteroatoms. The van der Waals surface area contributed by atoms with Crippen LogP contribution < -0.4 is 5.73 Å². The lowest BCUT2D eigenvalue weighted by Gasteiger charge is -2.39. The molecule has 1 aromatic heterocycles. The standard InChI is InChI=1S/C15H25BrN2OS/c1-3-7-19-13-5-4-6-18(9-13)15(11(2)17)14-8-12(16)10-20-14/h8,10-11,13,15H,3-7,9,17H2,1-2H3. The van der Waals surface area contributed by atoms with Gasteiger partial charge in [0, 0.05) is 33.9 Å². The first-order valence-corrected chi connectivity index (χ1v) is 9.14. The minimum atomic E-state index is 0.130. The smallest absolute Gasteiger partial charge is 0.0702 e. The van der Waals surface area contributed by atoms with Crippen LogP contribution in [0.15, 0.2) is 15.9 Å². The van der Waals surface area contributed by atoms with Crippen LogP contribution in [0.5, 0.6) is 0 Å². The second-order valence-corrected chi connectivity index (χ2v) is 7.46. The van der Waals surface area contributed by atoms with Crippen molar-refractivity contribution in [2.45, 2.75) is 51.3 Å². The van der Waals surface area contributed by atoms with Gasteiger partial charge in [0.2, 0.25) is 0 Å². The highest BCUT2D eigenvalue weighted by molar-refractivity contribution is 9.10. The normalized spacial score (nSPS) is 23.7. The fraction of sp³-hybridized carbons (Fsp3) is 0.733. The molecule has 0 amide bonds. The molecule has 1 fully saturated rings. The van der Waals surface area contributed by atoms with E-state index in [9.17, 15) is 0 Å². The Morgan fingerprint density at radius 3 is 3.00 bits per heavy atom. The zero-order valence-electron chi connectivity index (χ0n) is 12.3. The van der Waals surface area contributed by atoms with Crippen LogP contribution in [0.3, 0.4) is 0 Å². The van der Waals surface area contributed by atoms with Gasteiger partial charge in [0.05, 0.1) is 12.1 Å². The van der Waals surface area contributed by atoms with Crippen LogP contribution in [0.2, 0.25) is 0 Å². The SMILES string of the molecule is CCCOC1CCCN(C(c2cc(Br)cs2)C(C)N)C1. The van der Waals surface area contributed by atoms with Gasteiger partial charge in [-0.2, -0.15) is 0 Å². The van der Waals surface area contributed by atoms with Gasteiger partial charge in [-0.1, -0.05) is 6.92 Å². The van der Waals surface area contributed by atoms with Crippen LogP contribution in [-0.4, -0.2) is 36.7 Å². The van der Waals surface area contributed by atoms with Crippen LogP contribution >= 0.6 is 27.3 Å². The minimum absolute atomic E-state index is 0.130. The van der Waals surface area contributed by atoms with Crippen LogP contribution in [-0.2, 0) is 4.74 Å². The van der Waals surface area contributed by atoms with E-state index in [1.165, 1.54) is 17.7 Å². The largest absolute Gasteiger partial charge is 0.377 e. The lowest BCUT2D eigenvalue weighted by Crippen LogP contribution is -2.46. The van der Waals surface area contributed by atoms with Gasteiger partial charge in [-0.3, -0.25) is 4.90 Å². The molecule has 20 heavy (non-hydrogen) atoms. The summed E-state index contributed by atoms with van der Waals surface area (Å²) in [7, 11) is 0. The van der Waals surface area contributed by atoms with Gasteiger partial charge in [-0.05, 0) is 54.7 Å². The van der Waals surface area contributed by atoms with Gasteiger partial charge in [-0.15, -0.1) is 11.3 Å². The van der Waals surface area contributed by atoms with E-state index in [2.05, 4.69) is 46.1 Å². The van der Waals surface area contributed by atoms with E-state index >= 15 is 0 Å². The number of ether oxygens (including phenoxy) is 1. The van der Waals surface area contributed by atoms with Crippen molar-refractivity contribution < 1.29 is 4.74 Å². The quantitative estimate of drug-likeness (QED) is 0.838. The highest BCUT2D eigenvalue weighted by Crippen LogP contribution is 2.33. The van der Waals surface area contributed by atoms with Crippen molar-refractivity contribution in [2.24, 2.45) is 5.73 Å². The molecule has 2 heterocycles. The van der Waals surface area contributed by atoms with Gasteiger partial charge in [0.1, 0.15) is 0 Å². The minimum Gasteiger partial charge on any atom is -0.377 e. The summed E-state index contributed by atoms with van der Waals surface area (Å²) < 4.78 is 7.10. The zero-order chi connectivity index (χ0) is 14.5. The van der Waals surface area contributed by atoms with Crippen molar-refractivity contribution in [1.29, 1.82) is 0 Å². The summed E-state index contributed by atoms with van der Waals surface area (Å²) in [4.78, 5) is 3.86. The lowest BCUT2D eigenvalue weighted by molar-refractivity contribution is -0.0151. The first-order chi connectivity index (χ1) is 9.61. The summed E-state index contributed by atoms with van der Waals surface area (Å²) >= 11 is 5.34. The number of nitrogens with zero attached hydrogens (tertiary/aromatic N) is 1. The fourth-order valence-corrected chi connectivity index (χ4v) is 4.59. The van der Waals surface area contributed by atoms with E-state index in [1.807, 2.05) is 0 Å². The van der Waals surface area contributed by atoms with Crippen molar-refractivity contribution in [1.82, 2.24) is 4.90 Å². The summed E-state index contributed by atoms with van der Waals surface area (Å²) in [6.07, 6.45) is 3.83. The van der Waals surface area contributed by atoms with Crippen molar-refractivity contribution in [2.75, 3.05) is 19.7 Å². The number of rotatable bonds is 6. The third-order valence-corrected chi connectivity index (χ3v) is 5.50. The summed E-state index contributed by atoms with van der Waals surface area (Å²) in [5.74, 6) is 0. The number of piperidine rings is 1. The number of thiophene rings is 1. The number of likely N-dealkylation sites (tertiary alicyclic amines) is 1. The number of halogens is 1. The summed E-state index contributed by atoms with van der Waals surface area (Å²) in [6, 6.07) is 2.64. The van der Waals surface area contributed by atoms with Gasteiger partial charge < -0.3 is 10.5 Å². The first kappa shape index (κ1) is 16.4. The maximum atomic E-state index is 6.26. The number of nitrogens with two attached hydrogens (primary N) is 1. The van der Waals surface area contributed by atoms with E-state index in [0.29, 0.717) is 12.1 Å². The molecule has 2 N–H and O–H groups in total. The maximum Gasteiger partial charge on any atom is 0.0702 e. The Balaban J connectivity index is 2.05. The molecule has 0 saturated carbocycles. The Bertz CT molecular complexity index is 410. The van der Waals surface area contributed by atoms with Crippen molar-refractivity contribution in [3.63, 3.8) is 0 Å². The van der Waals surface area contributed by atoms with E-state index in [0.717, 1.165) is 30.6 Å². The first-order valence-electron chi connectivity index (χ1n) is 7.47. The molecule has 1 aromatic rings. The Hall–Kier alpha value is 0.0600. The van der Waals surface area contributed by atoms with E-state index in [1.54, 1.807) is 11.3 Å². The van der Waals surface area contributed by atoms with Crippen LogP contribution in [0.4, 0.5) is 0 Å². The van der Waals surface area contributed by atoms with Crippen LogP contribution in [0, 0.1) is 0 Å². The van der Waals surface area contributed by atoms with E-state index in [-0.39, 0.29) is 6.04 Å². The molecular weight excluding hydrogens is 336 g/mol. The molecule has 3 nitrogen and oxygen atoms in total. The lowest BCUT2D eigenvalue weighted by atomic mass is 10.0. The van der Waals surface area contributed by atoms with Crippen molar-refractivity contribution in [3.05, 3.63) is 20.8 Å². The predicted molar refractivity (Wildman–Crippen MR) is 89.2 cm³/mol. The second-order valence-electron chi connectivity index (χ2n) is 5.60. The van der Waals surface area contributed by atoms with E-state index in [4.69, 9.17) is 10.5 Å². The van der Waals surface area contributed by atoms with Crippen molar-refractivity contribution >= 4 is 27.3 Å². The molecular formula is C15H25BrN2OS. The average molecular weight is 361 g/mol. The third-order valence-electron chi connectivity index (χ3n) is 3.74. The monoisotopic (exact) mass is 360 g/mol. The molecule has 114 valence electrons. The third kappa shape index (κ3) is 4.28. The Morgan fingerprint density at radius 1 is 1.60 bits per heavy atom. The number of hydrogen-bond acceptors (Lipinski definition) is 4. The summed E-state index contributed by atoms with van der Waals surface area (Å²) in [5, 5.41) is 2.14. The average Bonchev–Trinajstić information content (AvgIpc) is 2.83. The molecule has 0 aromatic carbocycles. The maximum absolute atomic E-state index is 6.26. The Kier molecular flexibility index (Phi) is 6.49. The molecule has 3 unspecified atom stereocenters. The van der Waals surface area contributed by atoms with Gasteiger partial charge in [0.25, 0.3) is 0 Å².